The van der Waals surface area contributed by atoms with E-state index in [2.05, 4.69) is 43.1 Å². The van der Waals surface area contributed by atoms with Gasteiger partial charge in [0.15, 0.2) is 0 Å². The number of allylic oxidation sites excluding steroid dienone is 2. The van der Waals surface area contributed by atoms with Crippen LogP contribution in [0.15, 0.2) is 23.3 Å². The first kappa shape index (κ1) is 13.8. The fourth-order valence-electron chi connectivity index (χ4n) is 3.19. The molecule has 0 amide bonds. The van der Waals surface area contributed by atoms with E-state index in [0.29, 0.717) is 5.41 Å². The summed E-state index contributed by atoms with van der Waals surface area (Å²) < 4.78 is 0. The predicted octanol–water partition coefficient (Wildman–Crippen LogP) is 2.97. The van der Waals surface area contributed by atoms with Crippen molar-refractivity contribution in [1.29, 1.82) is 0 Å². The molecule has 2 aliphatic rings. The van der Waals surface area contributed by atoms with Gasteiger partial charge < -0.3 is 5.32 Å². The van der Waals surface area contributed by atoms with E-state index in [1.807, 2.05) is 0 Å². The maximum atomic E-state index is 3.42. The van der Waals surface area contributed by atoms with Gasteiger partial charge in [-0.25, -0.2) is 0 Å². The summed E-state index contributed by atoms with van der Waals surface area (Å²) in [5.74, 6) is 0. The van der Waals surface area contributed by atoms with Crippen molar-refractivity contribution in [2.45, 2.75) is 40.0 Å². The minimum Gasteiger partial charge on any atom is -0.314 e. The van der Waals surface area contributed by atoms with Crippen LogP contribution in [0.3, 0.4) is 0 Å². The van der Waals surface area contributed by atoms with E-state index in [1.54, 1.807) is 5.57 Å². The lowest BCUT2D eigenvalue weighted by molar-refractivity contribution is 0.259. The van der Waals surface area contributed by atoms with Crippen LogP contribution >= 0.6 is 0 Å². The second-order valence-electron chi connectivity index (χ2n) is 6.46. The molecule has 0 unspecified atom stereocenters. The van der Waals surface area contributed by atoms with Crippen molar-refractivity contribution in [2.75, 3.05) is 32.7 Å². The molecule has 102 valence electrons. The number of piperazine rings is 1. The molecule has 1 N–H and O–H groups in total. The maximum Gasteiger partial charge on any atom is 0.0231 e. The molecule has 1 aliphatic carbocycles. The zero-order valence-corrected chi connectivity index (χ0v) is 12.3. The van der Waals surface area contributed by atoms with Crippen molar-refractivity contribution < 1.29 is 0 Å². The normalized spacial score (nSPS) is 24.6. The summed E-state index contributed by atoms with van der Waals surface area (Å²) in [6, 6.07) is 0. The Bertz CT molecular complexity index is 333. The molecule has 1 heterocycles. The van der Waals surface area contributed by atoms with Crippen LogP contribution in [-0.4, -0.2) is 37.6 Å². The highest BCUT2D eigenvalue weighted by molar-refractivity contribution is 5.32. The Kier molecular flexibility index (Phi) is 4.63. The molecule has 1 fully saturated rings. The van der Waals surface area contributed by atoms with Crippen LogP contribution in [-0.2, 0) is 0 Å². The maximum absolute atomic E-state index is 3.42. The van der Waals surface area contributed by atoms with Crippen LogP contribution < -0.4 is 5.32 Å². The molecule has 0 saturated carbocycles. The fraction of sp³-hybridized carbons (Fsp3) is 0.750. The van der Waals surface area contributed by atoms with Crippen LogP contribution in [0.4, 0.5) is 0 Å². The summed E-state index contributed by atoms with van der Waals surface area (Å²) in [5, 5.41) is 3.42. The second kappa shape index (κ2) is 6.03. The van der Waals surface area contributed by atoms with Crippen LogP contribution in [0.2, 0.25) is 0 Å². The first-order valence-corrected chi connectivity index (χ1v) is 7.43. The van der Waals surface area contributed by atoms with Gasteiger partial charge in [-0.15, -0.1) is 0 Å². The summed E-state index contributed by atoms with van der Waals surface area (Å²) in [7, 11) is 0. The molecule has 0 aromatic heterocycles. The minimum absolute atomic E-state index is 0.350. The fourth-order valence-corrected chi connectivity index (χ4v) is 3.19. The second-order valence-corrected chi connectivity index (χ2v) is 6.46. The van der Waals surface area contributed by atoms with Gasteiger partial charge in [-0.05, 0) is 23.8 Å². The van der Waals surface area contributed by atoms with Gasteiger partial charge in [0.25, 0.3) is 0 Å². The van der Waals surface area contributed by atoms with Crippen molar-refractivity contribution in [2.24, 2.45) is 5.41 Å². The van der Waals surface area contributed by atoms with E-state index in [1.165, 1.54) is 37.9 Å². The first-order chi connectivity index (χ1) is 8.59. The van der Waals surface area contributed by atoms with Gasteiger partial charge in [0.05, 0.1) is 0 Å². The Morgan fingerprint density at radius 3 is 2.67 bits per heavy atom. The summed E-state index contributed by atoms with van der Waals surface area (Å²) in [5.41, 5.74) is 3.54. The lowest BCUT2D eigenvalue weighted by Gasteiger charge is -2.32. The third-order valence-electron chi connectivity index (χ3n) is 3.84. The SMILES string of the molecule is CCCC1=CC(CN2CCNCC2)=CC(C)(C)C1. The van der Waals surface area contributed by atoms with Crippen LogP contribution in [0, 0.1) is 5.41 Å². The lowest BCUT2D eigenvalue weighted by atomic mass is 9.78. The van der Waals surface area contributed by atoms with E-state index >= 15 is 0 Å². The van der Waals surface area contributed by atoms with E-state index in [9.17, 15) is 0 Å². The molecule has 0 bridgehead atoms. The average molecular weight is 248 g/mol. The standard InChI is InChI=1S/C16H28N2/c1-4-5-14-10-15(12-16(2,3)11-14)13-18-8-6-17-7-9-18/h10,12,17H,4-9,11,13H2,1-3H3. The highest BCUT2D eigenvalue weighted by Gasteiger charge is 2.22. The molecular formula is C16H28N2. The molecule has 2 nitrogen and oxygen atoms in total. The molecule has 1 aliphatic heterocycles. The Labute approximate surface area is 112 Å². The van der Waals surface area contributed by atoms with E-state index < -0.39 is 0 Å². The molecule has 18 heavy (non-hydrogen) atoms. The zero-order chi connectivity index (χ0) is 13.0. The van der Waals surface area contributed by atoms with Crippen LogP contribution in [0.25, 0.3) is 0 Å². The van der Waals surface area contributed by atoms with Crippen LogP contribution in [0.1, 0.15) is 40.0 Å². The number of nitrogens with zero attached hydrogens (tertiary/aromatic N) is 1. The van der Waals surface area contributed by atoms with Gasteiger partial charge in [-0.2, -0.15) is 0 Å². The Balaban J connectivity index is 2.02. The lowest BCUT2D eigenvalue weighted by Crippen LogP contribution is -2.44. The van der Waals surface area contributed by atoms with E-state index in [0.717, 1.165) is 19.6 Å². The topological polar surface area (TPSA) is 15.3 Å². The molecule has 2 rings (SSSR count). The first-order valence-electron chi connectivity index (χ1n) is 7.43. The summed E-state index contributed by atoms with van der Waals surface area (Å²) in [6.07, 6.45) is 8.74. The molecule has 2 heteroatoms. The molecule has 0 radical (unpaired) electrons. The number of nitrogens with one attached hydrogen (secondary N) is 1. The number of rotatable bonds is 4. The van der Waals surface area contributed by atoms with E-state index in [-0.39, 0.29) is 0 Å². The minimum atomic E-state index is 0.350. The summed E-state index contributed by atoms with van der Waals surface area (Å²) in [6.45, 7) is 12.8. The van der Waals surface area contributed by atoms with Gasteiger partial charge >= 0.3 is 0 Å². The van der Waals surface area contributed by atoms with Crippen molar-refractivity contribution in [3.8, 4) is 0 Å². The van der Waals surface area contributed by atoms with Crippen LogP contribution in [0.5, 0.6) is 0 Å². The third kappa shape index (κ3) is 3.96. The van der Waals surface area contributed by atoms with Crippen molar-refractivity contribution in [3.63, 3.8) is 0 Å². The van der Waals surface area contributed by atoms with Crippen molar-refractivity contribution >= 4 is 0 Å². The van der Waals surface area contributed by atoms with Gasteiger partial charge in [0.1, 0.15) is 0 Å². The molecule has 0 aromatic rings. The average Bonchev–Trinajstić information content (AvgIpc) is 2.28. The quantitative estimate of drug-likeness (QED) is 0.823. The number of hydrogen-bond donors (Lipinski definition) is 1. The Morgan fingerprint density at radius 1 is 1.28 bits per heavy atom. The van der Waals surface area contributed by atoms with Gasteiger partial charge in [-0.3, -0.25) is 4.90 Å². The molecule has 0 atom stereocenters. The predicted molar refractivity (Wildman–Crippen MR) is 78.8 cm³/mol. The zero-order valence-electron chi connectivity index (χ0n) is 12.3. The summed E-state index contributed by atoms with van der Waals surface area (Å²) in [4.78, 5) is 2.57. The molecule has 1 saturated heterocycles. The van der Waals surface area contributed by atoms with Gasteiger partial charge in [0.2, 0.25) is 0 Å². The summed E-state index contributed by atoms with van der Waals surface area (Å²) >= 11 is 0. The molecule has 0 aromatic carbocycles. The largest absolute Gasteiger partial charge is 0.314 e. The number of hydrogen-bond acceptors (Lipinski definition) is 2. The third-order valence-corrected chi connectivity index (χ3v) is 3.84. The van der Waals surface area contributed by atoms with Gasteiger partial charge in [0, 0.05) is 32.7 Å². The van der Waals surface area contributed by atoms with Gasteiger partial charge in [-0.1, -0.05) is 44.9 Å². The smallest absolute Gasteiger partial charge is 0.0231 e. The highest BCUT2D eigenvalue weighted by Crippen LogP contribution is 2.35. The Hall–Kier alpha value is -0.600. The van der Waals surface area contributed by atoms with E-state index in [4.69, 9.17) is 0 Å². The molecule has 0 spiro atoms. The monoisotopic (exact) mass is 248 g/mol. The van der Waals surface area contributed by atoms with Crippen molar-refractivity contribution in [3.05, 3.63) is 23.3 Å². The van der Waals surface area contributed by atoms with Crippen molar-refractivity contribution in [1.82, 2.24) is 10.2 Å². The molecular weight excluding hydrogens is 220 g/mol. The Morgan fingerprint density at radius 2 is 2.00 bits per heavy atom. The highest BCUT2D eigenvalue weighted by atomic mass is 15.2.